The quantitative estimate of drug-likeness (QED) is 0.687. The molecule has 0 aliphatic carbocycles. The van der Waals surface area contributed by atoms with Gasteiger partial charge in [0.1, 0.15) is 11.6 Å². The van der Waals surface area contributed by atoms with Gasteiger partial charge in [0, 0.05) is 25.6 Å². The maximum atomic E-state index is 13.2. The van der Waals surface area contributed by atoms with Crippen molar-refractivity contribution >= 4 is 5.91 Å². The summed E-state index contributed by atoms with van der Waals surface area (Å²) in [4.78, 5) is 14.3. The SMILES string of the molecule is COc1ccccc1CCN1C(=O)CC[C@@H]1CCNCc1cccc(F)c1. The highest BCUT2D eigenvalue weighted by Gasteiger charge is 2.30. The van der Waals surface area contributed by atoms with Crippen molar-refractivity contribution in [3.63, 3.8) is 0 Å². The Bertz CT molecular complexity index is 765. The van der Waals surface area contributed by atoms with Gasteiger partial charge in [-0.15, -0.1) is 0 Å². The zero-order chi connectivity index (χ0) is 19.1. The van der Waals surface area contributed by atoms with Gasteiger partial charge in [0.05, 0.1) is 7.11 Å². The lowest BCUT2D eigenvalue weighted by atomic mass is 10.1. The summed E-state index contributed by atoms with van der Waals surface area (Å²) in [5.74, 6) is 0.899. The fourth-order valence-corrected chi connectivity index (χ4v) is 3.70. The van der Waals surface area contributed by atoms with Crippen molar-refractivity contribution < 1.29 is 13.9 Å². The number of halogens is 1. The number of hydrogen-bond donors (Lipinski definition) is 1. The molecule has 0 spiro atoms. The number of para-hydroxylation sites is 1. The summed E-state index contributed by atoms with van der Waals surface area (Å²) in [6.45, 7) is 2.16. The molecular formula is C22H27FN2O2. The number of carbonyl (C=O) groups excluding carboxylic acids is 1. The van der Waals surface area contributed by atoms with Gasteiger partial charge in [-0.05, 0) is 55.1 Å². The molecule has 144 valence electrons. The first-order valence-corrected chi connectivity index (χ1v) is 9.54. The molecule has 0 saturated carbocycles. The number of nitrogens with zero attached hydrogens (tertiary/aromatic N) is 1. The molecule has 5 heteroatoms. The Morgan fingerprint density at radius 2 is 2.07 bits per heavy atom. The first-order valence-electron chi connectivity index (χ1n) is 9.54. The van der Waals surface area contributed by atoms with Crippen LogP contribution >= 0.6 is 0 Å². The molecule has 0 unspecified atom stereocenters. The number of hydrogen-bond acceptors (Lipinski definition) is 3. The van der Waals surface area contributed by atoms with Gasteiger partial charge in [-0.3, -0.25) is 4.79 Å². The van der Waals surface area contributed by atoms with E-state index in [1.54, 1.807) is 19.2 Å². The average Bonchev–Trinajstić information content (AvgIpc) is 3.03. The fourth-order valence-electron chi connectivity index (χ4n) is 3.70. The minimum absolute atomic E-state index is 0.210. The molecule has 0 aromatic heterocycles. The van der Waals surface area contributed by atoms with Crippen molar-refractivity contribution in [3.8, 4) is 5.75 Å². The first-order chi connectivity index (χ1) is 13.2. The summed E-state index contributed by atoms with van der Waals surface area (Å²) in [6.07, 6.45) is 3.24. The zero-order valence-electron chi connectivity index (χ0n) is 15.8. The Balaban J connectivity index is 1.47. The van der Waals surface area contributed by atoms with Gasteiger partial charge in [-0.25, -0.2) is 4.39 Å². The Morgan fingerprint density at radius 1 is 1.22 bits per heavy atom. The average molecular weight is 370 g/mol. The second-order valence-corrected chi connectivity index (χ2v) is 6.94. The predicted octanol–water partition coefficient (Wildman–Crippen LogP) is 3.55. The summed E-state index contributed by atoms with van der Waals surface area (Å²) in [5.41, 5.74) is 2.06. The van der Waals surface area contributed by atoms with E-state index in [0.29, 0.717) is 19.5 Å². The van der Waals surface area contributed by atoms with E-state index in [1.807, 2.05) is 29.2 Å². The van der Waals surface area contributed by atoms with E-state index in [1.165, 1.54) is 6.07 Å². The van der Waals surface area contributed by atoms with Crippen molar-refractivity contribution in [1.82, 2.24) is 10.2 Å². The van der Waals surface area contributed by atoms with Crippen LogP contribution in [0.25, 0.3) is 0 Å². The molecule has 1 saturated heterocycles. The predicted molar refractivity (Wildman–Crippen MR) is 104 cm³/mol. The molecule has 1 aliphatic rings. The second-order valence-electron chi connectivity index (χ2n) is 6.94. The van der Waals surface area contributed by atoms with E-state index in [0.717, 1.165) is 42.7 Å². The molecule has 1 fully saturated rings. The number of rotatable bonds is 9. The van der Waals surface area contributed by atoms with Gasteiger partial charge < -0.3 is 15.0 Å². The summed E-state index contributed by atoms with van der Waals surface area (Å²) in [5, 5.41) is 3.36. The number of likely N-dealkylation sites (tertiary alicyclic amines) is 1. The number of nitrogens with one attached hydrogen (secondary N) is 1. The van der Waals surface area contributed by atoms with Crippen molar-refractivity contribution in [2.45, 2.75) is 38.3 Å². The zero-order valence-corrected chi connectivity index (χ0v) is 15.8. The Labute approximate surface area is 160 Å². The minimum atomic E-state index is -0.210. The number of ether oxygens (including phenoxy) is 1. The lowest BCUT2D eigenvalue weighted by Gasteiger charge is -2.25. The van der Waals surface area contributed by atoms with Gasteiger partial charge in [0.2, 0.25) is 5.91 Å². The topological polar surface area (TPSA) is 41.6 Å². The third-order valence-electron chi connectivity index (χ3n) is 5.14. The van der Waals surface area contributed by atoms with Crippen LogP contribution < -0.4 is 10.1 Å². The molecule has 1 N–H and O–H groups in total. The van der Waals surface area contributed by atoms with Crippen molar-refractivity contribution in [2.24, 2.45) is 0 Å². The maximum Gasteiger partial charge on any atom is 0.222 e. The number of methoxy groups -OCH3 is 1. The van der Waals surface area contributed by atoms with Crippen LogP contribution in [-0.4, -0.2) is 37.0 Å². The molecule has 1 amide bonds. The first kappa shape index (κ1) is 19.4. The van der Waals surface area contributed by atoms with Gasteiger partial charge >= 0.3 is 0 Å². The van der Waals surface area contributed by atoms with Crippen LogP contribution in [0.3, 0.4) is 0 Å². The lowest BCUT2D eigenvalue weighted by molar-refractivity contribution is -0.129. The van der Waals surface area contributed by atoms with E-state index < -0.39 is 0 Å². The summed E-state index contributed by atoms with van der Waals surface area (Å²) >= 11 is 0. The van der Waals surface area contributed by atoms with Crippen LogP contribution in [0, 0.1) is 5.82 Å². The van der Waals surface area contributed by atoms with E-state index in [4.69, 9.17) is 4.74 Å². The lowest BCUT2D eigenvalue weighted by Crippen LogP contribution is -2.36. The van der Waals surface area contributed by atoms with Crippen molar-refractivity contribution in [3.05, 3.63) is 65.5 Å². The van der Waals surface area contributed by atoms with Crippen molar-refractivity contribution in [1.29, 1.82) is 0 Å². The molecule has 2 aromatic rings. The van der Waals surface area contributed by atoms with Crippen LogP contribution in [0.4, 0.5) is 4.39 Å². The second kappa shape index (κ2) is 9.51. The van der Waals surface area contributed by atoms with Crippen LogP contribution in [0.5, 0.6) is 5.75 Å². The standard InChI is InChI=1S/C22H27FN2O2/c1-27-21-8-3-2-6-18(21)12-14-25-20(9-10-22(25)26)11-13-24-16-17-5-4-7-19(23)15-17/h2-8,15,20,24H,9-14,16H2,1H3/t20-/m1/s1. The Hall–Kier alpha value is -2.40. The number of benzene rings is 2. The van der Waals surface area contributed by atoms with E-state index in [9.17, 15) is 9.18 Å². The molecule has 1 atom stereocenters. The van der Waals surface area contributed by atoms with Gasteiger partial charge in [-0.1, -0.05) is 30.3 Å². The molecule has 4 nitrogen and oxygen atoms in total. The molecule has 27 heavy (non-hydrogen) atoms. The van der Waals surface area contributed by atoms with Gasteiger partial charge in [-0.2, -0.15) is 0 Å². The minimum Gasteiger partial charge on any atom is -0.496 e. The van der Waals surface area contributed by atoms with E-state index in [2.05, 4.69) is 11.4 Å². The van der Waals surface area contributed by atoms with Crippen LogP contribution in [-0.2, 0) is 17.8 Å². The highest BCUT2D eigenvalue weighted by Crippen LogP contribution is 2.24. The summed E-state index contributed by atoms with van der Waals surface area (Å²) in [6, 6.07) is 14.9. The molecule has 0 radical (unpaired) electrons. The third kappa shape index (κ3) is 5.30. The molecule has 1 heterocycles. The molecular weight excluding hydrogens is 343 g/mol. The van der Waals surface area contributed by atoms with E-state index >= 15 is 0 Å². The number of carbonyl (C=O) groups is 1. The highest BCUT2D eigenvalue weighted by molar-refractivity contribution is 5.78. The molecule has 3 rings (SSSR count). The third-order valence-corrected chi connectivity index (χ3v) is 5.14. The Kier molecular flexibility index (Phi) is 6.82. The molecule has 2 aromatic carbocycles. The highest BCUT2D eigenvalue weighted by atomic mass is 19.1. The van der Waals surface area contributed by atoms with Crippen molar-refractivity contribution in [2.75, 3.05) is 20.2 Å². The molecule has 0 bridgehead atoms. The van der Waals surface area contributed by atoms with Gasteiger partial charge in [0.25, 0.3) is 0 Å². The van der Waals surface area contributed by atoms with E-state index in [-0.39, 0.29) is 17.8 Å². The maximum absolute atomic E-state index is 13.2. The fraction of sp³-hybridized carbons (Fsp3) is 0.409. The summed E-state index contributed by atoms with van der Waals surface area (Å²) < 4.78 is 18.6. The van der Waals surface area contributed by atoms with Crippen LogP contribution in [0.2, 0.25) is 0 Å². The summed E-state index contributed by atoms with van der Waals surface area (Å²) in [7, 11) is 1.67. The number of amides is 1. The largest absolute Gasteiger partial charge is 0.496 e. The van der Waals surface area contributed by atoms with Gasteiger partial charge in [0.15, 0.2) is 0 Å². The monoisotopic (exact) mass is 370 g/mol. The van der Waals surface area contributed by atoms with Crippen LogP contribution in [0.1, 0.15) is 30.4 Å². The Morgan fingerprint density at radius 3 is 2.89 bits per heavy atom. The smallest absolute Gasteiger partial charge is 0.222 e. The normalized spacial score (nSPS) is 16.7. The molecule has 1 aliphatic heterocycles. The van der Waals surface area contributed by atoms with Crippen LogP contribution in [0.15, 0.2) is 48.5 Å².